The van der Waals surface area contributed by atoms with E-state index < -0.39 is 92.3 Å². The maximum Gasteiger partial charge on any atom is 0.269 e. The molecule has 10 aromatic carbocycles. The van der Waals surface area contributed by atoms with Crippen LogP contribution < -0.4 is 9.47 Å². The minimum Gasteiger partial charge on any atom is -0.699 e. The van der Waals surface area contributed by atoms with E-state index in [4.69, 9.17) is 184 Å². The molecule has 10 rings (SSSR count). The number of nitro groups is 2. The smallest absolute Gasteiger partial charge is 0.269 e. The summed E-state index contributed by atoms with van der Waals surface area (Å²) >= 11 is 8.70. The zero-order valence-electron chi connectivity index (χ0n) is 51.7. The molecular formula is C64H64Cl12N12O6Pt5. The molecule has 0 aliphatic carbocycles. The van der Waals surface area contributed by atoms with Crippen LogP contribution in [0.15, 0.2) is 255 Å². The number of nitrogens with zero attached hydrogens (tertiary/aromatic N) is 2. The van der Waals surface area contributed by atoms with Gasteiger partial charge in [-0.1, -0.05) is 216 Å². The first-order valence-corrected chi connectivity index (χ1v) is 54.8. The van der Waals surface area contributed by atoms with Crippen molar-refractivity contribution >= 4 is 186 Å². The van der Waals surface area contributed by atoms with Crippen LogP contribution in [0.4, 0.5) is 68.2 Å². The Morgan fingerprint density at radius 1 is 0.273 bits per heavy atom. The van der Waals surface area contributed by atoms with Gasteiger partial charge in [0.2, 0.25) is 0 Å². The van der Waals surface area contributed by atoms with Gasteiger partial charge in [0, 0.05) is 34.3 Å². The summed E-state index contributed by atoms with van der Waals surface area (Å²) in [5.74, 6) is 1.59. The number of hydrogen-bond acceptors (Lipinski definition) is 6. The summed E-state index contributed by atoms with van der Waals surface area (Å²) in [6, 6.07) is 71.1. The first kappa shape index (κ1) is 103. The maximum absolute atomic E-state index is 10.1. The van der Waals surface area contributed by atoms with Gasteiger partial charge < -0.3 is 66.8 Å². The van der Waals surface area contributed by atoms with Crippen LogP contribution in [0.1, 0.15) is 11.1 Å². The molecule has 0 aromatic heterocycles. The summed E-state index contributed by atoms with van der Waals surface area (Å²) < 4.78 is 9.77. The Morgan fingerprint density at radius 3 is 0.556 bits per heavy atom. The second-order valence-corrected chi connectivity index (χ2v) is 34.1. The first-order chi connectivity index (χ1) is 47.1. The number of nitrogens with one attached hydrogen (secondary N) is 10. The van der Waals surface area contributed by atoms with Crippen LogP contribution in [0.2, 0.25) is 10.0 Å². The molecule has 0 fully saturated rings. The predicted octanol–water partition coefficient (Wildman–Crippen LogP) is 32.3. The van der Waals surface area contributed by atoms with Crippen molar-refractivity contribution < 1.29 is 102 Å². The molecule has 550 valence electrons. The molecule has 0 heterocycles. The zero-order chi connectivity index (χ0) is 76.2. The Balaban J connectivity index is -0.000000324. The third-order valence-electron chi connectivity index (χ3n) is 9.68. The molecule has 0 atom stereocenters. The van der Waals surface area contributed by atoms with Gasteiger partial charge in [-0.05, 0) is 62.4 Å². The SMILES string of the molecule is COc1ccc([NH-])cc1.COc1ccc([NH-])cc1.Cc1ccc([NH-])cc1.Cc1ccc([NH-])cc1.[Cl][Pt+2][Cl].[Cl][Pt+2][Cl].[Cl][Pt+2][Cl].[Cl][Pt+2][Cl].[Cl][Pt+2][Cl].[NH-]c1ccc(Cl)cc1.[NH-]c1ccc(Cl)cc1.[NH-]c1ccc([N+](=O)[O-])cc1.[NH-]c1ccc([N+](=O)[O-])cc1.[NH-]c1ccccc1.[NH-]c1ccccc1. The number of nitro benzene ring substituents is 2. The quantitative estimate of drug-likeness (QED) is 0.122. The average molecular weight is 2500 g/mol. The fourth-order valence-electron chi connectivity index (χ4n) is 5.23. The molecule has 99 heavy (non-hydrogen) atoms. The number of rotatable bonds is 4. The number of non-ortho nitro benzene ring substituents is 2. The normalized spacial score (nSPS) is 8.77. The second-order valence-electron chi connectivity index (χ2n) is 16.8. The Labute approximate surface area is 672 Å². The maximum atomic E-state index is 10.1. The van der Waals surface area contributed by atoms with Crippen molar-refractivity contribution in [2.75, 3.05) is 14.2 Å². The summed E-state index contributed by atoms with van der Waals surface area (Å²) in [7, 11) is 52.0. The molecule has 0 radical (unpaired) electrons. The predicted molar refractivity (Wildman–Crippen MR) is 409 cm³/mol. The van der Waals surface area contributed by atoms with Gasteiger partial charge >= 0.3 is 177 Å². The van der Waals surface area contributed by atoms with Crippen LogP contribution in [0.3, 0.4) is 0 Å². The molecule has 0 aliphatic rings. The Hall–Kier alpha value is -4.48. The van der Waals surface area contributed by atoms with Crippen LogP contribution >= 0.6 is 117 Å². The van der Waals surface area contributed by atoms with Crippen molar-refractivity contribution in [3.8, 4) is 11.5 Å². The van der Waals surface area contributed by atoms with E-state index in [0.29, 0.717) is 55.5 Å². The van der Waals surface area contributed by atoms with Gasteiger partial charge in [0.25, 0.3) is 11.4 Å². The Bertz CT molecular complexity index is 3040. The van der Waals surface area contributed by atoms with Crippen LogP contribution in [0, 0.1) is 34.1 Å². The van der Waals surface area contributed by atoms with Crippen LogP contribution in [-0.2, 0) is 82.4 Å². The number of halogens is 12. The first-order valence-electron chi connectivity index (χ1n) is 25.9. The summed E-state index contributed by atoms with van der Waals surface area (Å²) in [6.45, 7) is 4.03. The summed E-state index contributed by atoms with van der Waals surface area (Å²) in [5.41, 5.74) is 77.8. The van der Waals surface area contributed by atoms with E-state index in [9.17, 15) is 20.2 Å². The van der Waals surface area contributed by atoms with Crippen LogP contribution in [0.5, 0.6) is 11.5 Å². The molecule has 0 saturated heterocycles. The van der Waals surface area contributed by atoms with Gasteiger partial charge in [-0.25, -0.2) is 0 Å². The summed E-state index contributed by atoms with van der Waals surface area (Å²) in [5, 5.41) is 21.5. The van der Waals surface area contributed by atoms with E-state index in [1.165, 1.54) is 59.7 Å². The van der Waals surface area contributed by atoms with Gasteiger partial charge in [-0.3, -0.25) is 20.2 Å². The van der Waals surface area contributed by atoms with E-state index in [1.54, 1.807) is 160 Å². The van der Waals surface area contributed by atoms with Crippen molar-refractivity contribution in [3.63, 3.8) is 0 Å². The number of hydrogen-bond donors (Lipinski definition) is 0. The monoisotopic (exact) mass is 2490 g/mol. The zero-order valence-corrected chi connectivity index (χ0v) is 72.1. The van der Waals surface area contributed by atoms with Crippen molar-refractivity contribution in [3.05, 3.63) is 354 Å². The third kappa shape index (κ3) is 73.1. The van der Waals surface area contributed by atoms with Crippen molar-refractivity contribution in [2.24, 2.45) is 0 Å². The van der Waals surface area contributed by atoms with E-state index >= 15 is 0 Å². The van der Waals surface area contributed by atoms with Crippen molar-refractivity contribution in [1.29, 1.82) is 0 Å². The average Bonchev–Trinajstić information content (AvgIpc) is 1.58. The molecule has 35 heteroatoms. The number of methoxy groups -OCH3 is 2. The number of ether oxygens (including phenoxy) is 2. The minimum absolute atomic E-state index is 0.0241. The van der Waals surface area contributed by atoms with Gasteiger partial charge in [0.1, 0.15) is 11.5 Å². The van der Waals surface area contributed by atoms with E-state index in [1.807, 2.05) is 74.5 Å². The molecule has 10 N–H and O–H groups in total. The summed E-state index contributed by atoms with van der Waals surface area (Å²) in [4.78, 5) is 19.1. The third-order valence-corrected chi connectivity index (χ3v) is 10.2. The second kappa shape index (κ2) is 73.3. The Morgan fingerprint density at radius 2 is 0.424 bits per heavy atom. The van der Waals surface area contributed by atoms with Crippen LogP contribution in [0.25, 0.3) is 57.3 Å². The molecule has 10 aromatic rings. The molecule has 0 amide bonds. The minimum atomic E-state index is -0.487. The van der Waals surface area contributed by atoms with Crippen molar-refractivity contribution in [2.45, 2.75) is 13.8 Å². The molecule has 0 spiro atoms. The summed E-state index contributed by atoms with van der Waals surface area (Å²) in [6.07, 6.45) is 0. The standard InChI is InChI=1S/2C7H8NO.2C7H8N.2C6H5ClN.2C6H5N2O2.2C6H6N.10ClH.5Pt/c2*1-9-7-4-2-6(8)3-5-7;2*1-6-2-4-7(8)5-3-6;2*7-5-1-3-6(8)4-2-5;2*7-5-1-3-6(4-2-5)8(9)10;2*7-6-4-2-1-3-5-6;;;;;;;;;;;;;;;/h2*2-5,8H,1H3;2*2-5,8H,1H3;2*1-4,8H;2*1-4,7H;2*1-5,7H;10*1H;;;;;/q10*-1;;;;;;;;;;;5*+4/p-10. The van der Waals surface area contributed by atoms with Crippen LogP contribution in [-0.4, -0.2) is 24.1 Å². The number of benzene rings is 10. The molecule has 18 nitrogen and oxygen atoms in total. The molecule has 0 saturated carbocycles. The number of aryl methyl sites for hydroxylation is 2. The van der Waals surface area contributed by atoms with Gasteiger partial charge in [-0.15, -0.1) is 56.9 Å². The van der Waals surface area contributed by atoms with E-state index in [0.717, 1.165) is 11.5 Å². The van der Waals surface area contributed by atoms with Crippen molar-refractivity contribution in [1.82, 2.24) is 0 Å². The largest absolute Gasteiger partial charge is 0.699 e. The Kier molecular flexibility index (Phi) is 76.4. The van der Waals surface area contributed by atoms with Gasteiger partial charge in [-0.2, -0.15) is 0 Å². The topological polar surface area (TPSA) is 343 Å². The molecule has 0 aliphatic heterocycles. The van der Waals surface area contributed by atoms with Gasteiger partial charge in [0.05, 0.1) is 24.1 Å². The molecular weight excluding hydrogens is 2430 g/mol. The molecule has 0 unspecified atom stereocenters. The van der Waals surface area contributed by atoms with E-state index in [2.05, 4.69) is 0 Å². The fourth-order valence-corrected chi connectivity index (χ4v) is 5.48. The van der Waals surface area contributed by atoms with E-state index in [-0.39, 0.29) is 22.7 Å². The fraction of sp³-hybridized carbons (Fsp3) is 0.0625. The van der Waals surface area contributed by atoms with Gasteiger partial charge in [0.15, 0.2) is 0 Å². The molecule has 0 bridgehead atoms.